The fourth-order valence-corrected chi connectivity index (χ4v) is 2.47. The normalized spacial score (nSPS) is 11.1. The molecule has 0 atom stereocenters. The smallest absolute Gasteiger partial charge is 0.225 e. The van der Waals surface area contributed by atoms with Crippen molar-refractivity contribution >= 4 is 22.4 Å². The van der Waals surface area contributed by atoms with Crippen LogP contribution in [0.15, 0.2) is 5.38 Å². The average Bonchev–Trinajstić information content (AvgIpc) is 2.78. The van der Waals surface area contributed by atoms with E-state index in [4.69, 9.17) is 5.26 Å². The molecule has 0 unspecified atom stereocenters. The van der Waals surface area contributed by atoms with Gasteiger partial charge in [0.25, 0.3) is 0 Å². The number of carbonyl (C=O) groups is 1. The predicted octanol–water partition coefficient (Wildman–Crippen LogP) is 2.16. The van der Waals surface area contributed by atoms with Crippen molar-refractivity contribution in [3.63, 3.8) is 0 Å². The summed E-state index contributed by atoms with van der Waals surface area (Å²) in [6.45, 7) is 9.09. The van der Waals surface area contributed by atoms with Gasteiger partial charge < -0.3 is 5.32 Å². The van der Waals surface area contributed by atoms with E-state index in [-0.39, 0.29) is 11.3 Å². The number of hydrogen-bond donors (Lipinski definition) is 1. The molecule has 0 fully saturated rings. The van der Waals surface area contributed by atoms with Crippen LogP contribution in [-0.4, -0.2) is 24.0 Å². The Morgan fingerprint density at radius 1 is 1.63 bits per heavy atom. The average molecular weight is 280 g/mol. The molecule has 0 saturated heterocycles. The van der Waals surface area contributed by atoms with Gasteiger partial charge in [0.05, 0.1) is 17.2 Å². The zero-order chi connectivity index (χ0) is 14.5. The summed E-state index contributed by atoms with van der Waals surface area (Å²) >= 11 is 1.46. The molecule has 1 N–H and O–H groups in total. The van der Waals surface area contributed by atoms with Gasteiger partial charge in [-0.25, -0.2) is 4.98 Å². The molecule has 19 heavy (non-hydrogen) atoms. The van der Waals surface area contributed by atoms with Gasteiger partial charge in [0.15, 0.2) is 5.13 Å². The van der Waals surface area contributed by atoms with Gasteiger partial charge in [0, 0.05) is 31.9 Å². The lowest BCUT2D eigenvalue weighted by Gasteiger charge is -2.15. The molecule has 6 heteroatoms. The number of nitriles is 1. The Balaban J connectivity index is 2.57. The van der Waals surface area contributed by atoms with Crippen LogP contribution < -0.4 is 10.2 Å². The maximum Gasteiger partial charge on any atom is 0.225 e. The fourth-order valence-electron chi connectivity index (χ4n) is 1.54. The first-order valence-corrected chi connectivity index (χ1v) is 7.12. The summed E-state index contributed by atoms with van der Waals surface area (Å²) < 4.78 is 0. The number of rotatable bonds is 6. The van der Waals surface area contributed by atoms with Gasteiger partial charge in [-0.1, -0.05) is 0 Å². The lowest BCUT2D eigenvalue weighted by Crippen LogP contribution is -2.29. The summed E-state index contributed by atoms with van der Waals surface area (Å²) in [7, 11) is 0. The van der Waals surface area contributed by atoms with Crippen LogP contribution in [0, 0.1) is 16.7 Å². The molecule has 0 aromatic carbocycles. The first-order chi connectivity index (χ1) is 8.89. The van der Waals surface area contributed by atoms with Gasteiger partial charge >= 0.3 is 0 Å². The van der Waals surface area contributed by atoms with E-state index < -0.39 is 0 Å². The zero-order valence-corrected chi connectivity index (χ0v) is 12.7. The molecular formula is C13H20N4OS. The fraction of sp³-hybridized carbons (Fsp3) is 0.615. The van der Waals surface area contributed by atoms with Crippen molar-refractivity contribution in [2.24, 2.45) is 5.41 Å². The molecule has 0 aliphatic heterocycles. The lowest BCUT2D eigenvalue weighted by atomic mass is 9.96. The number of hydrogen-bond acceptors (Lipinski definition) is 5. The summed E-state index contributed by atoms with van der Waals surface area (Å²) in [5, 5.41) is 14.8. The summed E-state index contributed by atoms with van der Waals surface area (Å²) in [4.78, 5) is 17.5. The monoisotopic (exact) mass is 280 g/mol. The molecule has 1 heterocycles. The highest BCUT2D eigenvalue weighted by atomic mass is 32.1. The number of amides is 1. The first-order valence-electron chi connectivity index (χ1n) is 6.24. The van der Waals surface area contributed by atoms with Crippen LogP contribution >= 0.6 is 11.3 Å². The standard InChI is InChI=1S/C13H20N4OS/c1-5-17(10(2)18)12-16-11(7-19-12)6-15-9-13(3,4)8-14/h7,15H,5-6,9H2,1-4H3. The third-order valence-electron chi connectivity index (χ3n) is 2.64. The molecule has 0 radical (unpaired) electrons. The first kappa shape index (κ1) is 15.6. The molecule has 1 aromatic rings. The molecule has 0 saturated carbocycles. The van der Waals surface area contributed by atoms with Gasteiger partial charge in [-0.15, -0.1) is 11.3 Å². The topological polar surface area (TPSA) is 69.0 Å². The van der Waals surface area contributed by atoms with Crippen molar-refractivity contribution in [1.82, 2.24) is 10.3 Å². The molecule has 0 bridgehead atoms. The quantitative estimate of drug-likeness (QED) is 0.867. The molecule has 5 nitrogen and oxygen atoms in total. The van der Waals surface area contributed by atoms with E-state index in [2.05, 4.69) is 16.4 Å². The van der Waals surface area contributed by atoms with Crippen molar-refractivity contribution < 1.29 is 4.79 Å². The Labute approximate surface area is 118 Å². The second kappa shape index (κ2) is 6.64. The molecule has 1 amide bonds. The summed E-state index contributed by atoms with van der Waals surface area (Å²) in [5.41, 5.74) is 0.515. The summed E-state index contributed by atoms with van der Waals surface area (Å²) in [6, 6.07) is 2.24. The van der Waals surface area contributed by atoms with E-state index in [9.17, 15) is 4.79 Å². The Hall–Kier alpha value is -1.45. The number of nitrogens with zero attached hydrogens (tertiary/aromatic N) is 3. The molecule has 1 rings (SSSR count). The number of anilines is 1. The van der Waals surface area contributed by atoms with Crippen molar-refractivity contribution in [3.8, 4) is 6.07 Å². The van der Waals surface area contributed by atoms with E-state index in [1.54, 1.807) is 4.90 Å². The van der Waals surface area contributed by atoms with Crippen molar-refractivity contribution in [2.75, 3.05) is 18.0 Å². The Bertz CT molecular complexity index is 475. The maximum atomic E-state index is 11.4. The van der Waals surface area contributed by atoms with Crippen LogP contribution in [0.5, 0.6) is 0 Å². The van der Waals surface area contributed by atoms with Crippen LogP contribution in [0.1, 0.15) is 33.4 Å². The van der Waals surface area contributed by atoms with Gasteiger partial charge in [0.2, 0.25) is 5.91 Å². The minimum Gasteiger partial charge on any atom is -0.310 e. The highest BCUT2D eigenvalue weighted by Gasteiger charge is 2.17. The number of carbonyl (C=O) groups excluding carboxylic acids is 1. The van der Waals surface area contributed by atoms with Crippen molar-refractivity contribution in [1.29, 1.82) is 5.26 Å². The third kappa shape index (κ3) is 4.62. The largest absolute Gasteiger partial charge is 0.310 e. The van der Waals surface area contributed by atoms with Gasteiger partial charge in [-0.2, -0.15) is 5.26 Å². The Kier molecular flexibility index (Phi) is 5.45. The Morgan fingerprint density at radius 2 is 2.32 bits per heavy atom. The number of thiazole rings is 1. The van der Waals surface area contributed by atoms with E-state index >= 15 is 0 Å². The highest BCUT2D eigenvalue weighted by molar-refractivity contribution is 7.14. The molecule has 0 aliphatic rings. The van der Waals surface area contributed by atoms with Crippen LogP contribution in [0.2, 0.25) is 0 Å². The van der Waals surface area contributed by atoms with Crippen LogP contribution in [0.25, 0.3) is 0 Å². The van der Waals surface area contributed by atoms with Crippen LogP contribution in [0.3, 0.4) is 0 Å². The SMILES string of the molecule is CCN(C(C)=O)c1nc(CNCC(C)(C)C#N)cs1. The van der Waals surface area contributed by atoms with Crippen molar-refractivity contribution in [3.05, 3.63) is 11.1 Å². The molecule has 104 valence electrons. The molecule has 1 aromatic heterocycles. The van der Waals surface area contributed by atoms with E-state index in [1.165, 1.54) is 18.3 Å². The highest BCUT2D eigenvalue weighted by Crippen LogP contribution is 2.20. The second-order valence-electron chi connectivity index (χ2n) is 4.98. The number of nitrogens with one attached hydrogen (secondary N) is 1. The van der Waals surface area contributed by atoms with E-state index in [0.717, 1.165) is 10.8 Å². The lowest BCUT2D eigenvalue weighted by molar-refractivity contribution is -0.116. The van der Waals surface area contributed by atoms with Crippen molar-refractivity contribution in [2.45, 2.75) is 34.2 Å². The van der Waals surface area contributed by atoms with E-state index in [0.29, 0.717) is 19.6 Å². The van der Waals surface area contributed by atoms with Crippen LogP contribution in [-0.2, 0) is 11.3 Å². The third-order valence-corrected chi connectivity index (χ3v) is 3.56. The van der Waals surface area contributed by atoms with Gasteiger partial charge in [-0.05, 0) is 20.8 Å². The Morgan fingerprint density at radius 3 is 2.84 bits per heavy atom. The van der Waals surface area contributed by atoms with Crippen LogP contribution in [0.4, 0.5) is 5.13 Å². The zero-order valence-electron chi connectivity index (χ0n) is 11.9. The van der Waals surface area contributed by atoms with E-state index in [1.807, 2.05) is 26.2 Å². The van der Waals surface area contributed by atoms with Gasteiger partial charge in [0.1, 0.15) is 0 Å². The molecule has 0 spiro atoms. The minimum absolute atomic E-state index is 0.00183. The maximum absolute atomic E-state index is 11.4. The molecular weight excluding hydrogens is 260 g/mol. The molecule has 0 aliphatic carbocycles. The predicted molar refractivity (Wildman–Crippen MR) is 76.9 cm³/mol. The number of aromatic nitrogens is 1. The second-order valence-corrected chi connectivity index (χ2v) is 5.82. The minimum atomic E-state index is -0.381. The van der Waals surface area contributed by atoms with Gasteiger partial charge in [-0.3, -0.25) is 9.69 Å². The summed E-state index contributed by atoms with van der Waals surface area (Å²) in [6.07, 6.45) is 0. The summed E-state index contributed by atoms with van der Waals surface area (Å²) in [5.74, 6) is 0.00183.